The van der Waals surface area contributed by atoms with Gasteiger partial charge in [0, 0.05) is 9.99 Å². The molecule has 16 heavy (non-hydrogen) atoms. The van der Waals surface area contributed by atoms with Crippen LogP contribution < -0.4 is 18.9 Å². The quantitative estimate of drug-likeness (QED) is 0.611. The highest BCUT2D eigenvalue weighted by molar-refractivity contribution is 14.1. The van der Waals surface area contributed by atoms with Gasteiger partial charge in [0.25, 0.3) is 0 Å². The maximum Gasteiger partial charge on any atom is 0.207 e. The first-order valence-electron chi connectivity index (χ1n) is 4.65. The second-order valence-corrected chi connectivity index (χ2v) is 3.73. The predicted octanol–water partition coefficient (Wildman–Crippen LogP) is 2.66. The van der Waals surface area contributed by atoms with Crippen molar-refractivity contribution in [2.75, 3.05) is 28.4 Å². The summed E-state index contributed by atoms with van der Waals surface area (Å²) in [6.07, 6.45) is 0. The van der Waals surface area contributed by atoms with Gasteiger partial charge < -0.3 is 18.9 Å². The molecule has 90 valence electrons. The summed E-state index contributed by atoms with van der Waals surface area (Å²) in [4.78, 5) is 0. The van der Waals surface area contributed by atoms with E-state index in [0.29, 0.717) is 23.0 Å². The van der Waals surface area contributed by atoms with Gasteiger partial charge in [-0.3, -0.25) is 0 Å². The van der Waals surface area contributed by atoms with E-state index >= 15 is 0 Å². The van der Waals surface area contributed by atoms with Crippen molar-refractivity contribution in [1.82, 2.24) is 0 Å². The Labute approximate surface area is 109 Å². The number of ether oxygens (including phenoxy) is 4. The summed E-state index contributed by atoms with van der Waals surface area (Å²) in [7, 11) is 6.36. The number of hydrogen-bond acceptors (Lipinski definition) is 4. The Bertz CT molecular complexity index is 335. The van der Waals surface area contributed by atoms with Crippen LogP contribution in [-0.4, -0.2) is 28.4 Å². The normalized spacial score (nSPS) is 9.81. The van der Waals surface area contributed by atoms with Crippen molar-refractivity contribution in [3.63, 3.8) is 0 Å². The van der Waals surface area contributed by atoms with Crippen LogP contribution in [0, 0.1) is 0 Å². The third-order valence-corrected chi connectivity index (χ3v) is 3.03. The summed E-state index contributed by atoms with van der Waals surface area (Å²) in [5, 5.41) is 0. The molecule has 5 heteroatoms. The fraction of sp³-hybridized carbons (Fsp3) is 0.455. The van der Waals surface area contributed by atoms with Gasteiger partial charge in [0.2, 0.25) is 11.5 Å². The van der Waals surface area contributed by atoms with Gasteiger partial charge in [-0.15, -0.1) is 0 Å². The number of benzene rings is 1. The molecule has 0 aliphatic carbocycles. The maximum absolute atomic E-state index is 5.33. The van der Waals surface area contributed by atoms with E-state index in [0.717, 1.165) is 9.99 Å². The average Bonchev–Trinajstić information content (AvgIpc) is 2.35. The van der Waals surface area contributed by atoms with E-state index < -0.39 is 0 Å². The van der Waals surface area contributed by atoms with Crippen molar-refractivity contribution < 1.29 is 18.9 Å². The second kappa shape index (κ2) is 6.03. The van der Waals surface area contributed by atoms with Crippen molar-refractivity contribution in [2.45, 2.75) is 4.43 Å². The Kier molecular flexibility index (Phi) is 4.98. The van der Waals surface area contributed by atoms with Crippen LogP contribution in [0.1, 0.15) is 5.56 Å². The van der Waals surface area contributed by atoms with Gasteiger partial charge in [0.1, 0.15) is 0 Å². The highest BCUT2D eigenvalue weighted by Gasteiger charge is 2.20. The molecule has 0 bridgehead atoms. The molecule has 0 N–H and O–H groups in total. The predicted molar refractivity (Wildman–Crippen MR) is 70.4 cm³/mol. The first-order valence-corrected chi connectivity index (χ1v) is 6.17. The number of rotatable bonds is 5. The Hall–Kier alpha value is -0.850. The number of methoxy groups -OCH3 is 4. The van der Waals surface area contributed by atoms with Gasteiger partial charge in [-0.2, -0.15) is 0 Å². The Morgan fingerprint density at radius 2 is 1.44 bits per heavy atom. The lowest BCUT2D eigenvalue weighted by molar-refractivity contribution is 0.304. The maximum atomic E-state index is 5.33. The minimum atomic E-state index is 0.551. The highest BCUT2D eigenvalue weighted by Crippen LogP contribution is 2.46. The molecular weight excluding hydrogens is 323 g/mol. The third-order valence-electron chi connectivity index (χ3n) is 2.21. The SMILES string of the molecule is COc1cc(CI)c(OC)c(OC)c1OC. The molecule has 0 aliphatic heterocycles. The molecule has 0 unspecified atom stereocenters. The minimum Gasteiger partial charge on any atom is -0.493 e. The van der Waals surface area contributed by atoms with Crippen LogP contribution in [0.5, 0.6) is 23.0 Å². The standard InChI is InChI=1S/C11H15IO4/c1-13-8-5-7(6-12)9(14-2)11(16-4)10(8)15-3/h5H,6H2,1-4H3. The van der Waals surface area contributed by atoms with Crippen molar-refractivity contribution >= 4 is 22.6 Å². The molecule has 0 aliphatic rings. The van der Waals surface area contributed by atoms with Crippen molar-refractivity contribution in [3.05, 3.63) is 11.6 Å². The van der Waals surface area contributed by atoms with Gasteiger partial charge in [0.05, 0.1) is 28.4 Å². The van der Waals surface area contributed by atoms with Crippen LogP contribution in [0.15, 0.2) is 6.07 Å². The molecule has 1 aromatic rings. The Morgan fingerprint density at radius 1 is 0.875 bits per heavy atom. The molecule has 0 spiro atoms. The summed E-state index contributed by atoms with van der Waals surface area (Å²) in [5.41, 5.74) is 1.01. The monoisotopic (exact) mass is 338 g/mol. The zero-order valence-electron chi connectivity index (χ0n) is 9.80. The first kappa shape index (κ1) is 13.2. The van der Waals surface area contributed by atoms with Crippen LogP contribution in [0.3, 0.4) is 0 Å². The van der Waals surface area contributed by atoms with Crippen molar-refractivity contribution in [2.24, 2.45) is 0 Å². The van der Waals surface area contributed by atoms with Gasteiger partial charge in [-0.25, -0.2) is 0 Å². The molecule has 0 radical (unpaired) electrons. The lowest BCUT2D eigenvalue weighted by Gasteiger charge is -2.17. The minimum absolute atomic E-state index is 0.551. The smallest absolute Gasteiger partial charge is 0.207 e. The van der Waals surface area contributed by atoms with E-state index in [1.165, 1.54) is 0 Å². The zero-order chi connectivity index (χ0) is 12.1. The first-order chi connectivity index (χ1) is 7.73. The molecule has 0 saturated carbocycles. The lowest BCUT2D eigenvalue weighted by atomic mass is 10.1. The van der Waals surface area contributed by atoms with E-state index in [9.17, 15) is 0 Å². The number of hydrogen-bond donors (Lipinski definition) is 0. The van der Waals surface area contributed by atoms with Crippen LogP contribution in [0.25, 0.3) is 0 Å². The van der Waals surface area contributed by atoms with Crippen LogP contribution >= 0.6 is 22.6 Å². The Morgan fingerprint density at radius 3 is 1.81 bits per heavy atom. The number of alkyl halides is 1. The molecule has 0 heterocycles. The molecule has 0 amide bonds. The Balaban J connectivity index is 3.47. The van der Waals surface area contributed by atoms with E-state index in [1.807, 2.05) is 6.07 Å². The summed E-state index contributed by atoms with van der Waals surface area (Å²) in [6.45, 7) is 0. The molecular formula is C11H15IO4. The third kappa shape index (κ3) is 2.28. The van der Waals surface area contributed by atoms with E-state index in [2.05, 4.69) is 22.6 Å². The summed E-state index contributed by atoms with van der Waals surface area (Å²) >= 11 is 2.26. The largest absolute Gasteiger partial charge is 0.493 e. The molecule has 0 aromatic heterocycles. The van der Waals surface area contributed by atoms with E-state index in [1.54, 1.807) is 28.4 Å². The molecule has 0 atom stereocenters. The topological polar surface area (TPSA) is 36.9 Å². The van der Waals surface area contributed by atoms with Gasteiger partial charge in [-0.1, -0.05) is 22.6 Å². The van der Waals surface area contributed by atoms with Crippen molar-refractivity contribution in [3.8, 4) is 23.0 Å². The fourth-order valence-corrected chi connectivity index (χ4v) is 2.07. The van der Waals surface area contributed by atoms with Gasteiger partial charge in [0.15, 0.2) is 11.5 Å². The lowest BCUT2D eigenvalue weighted by Crippen LogP contribution is -2.00. The van der Waals surface area contributed by atoms with Gasteiger partial charge >= 0.3 is 0 Å². The second-order valence-electron chi connectivity index (χ2n) is 2.97. The average molecular weight is 338 g/mol. The number of halogens is 1. The van der Waals surface area contributed by atoms with Crippen molar-refractivity contribution in [1.29, 1.82) is 0 Å². The highest BCUT2D eigenvalue weighted by atomic mass is 127. The summed E-state index contributed by atoms with van der Waals surface area (Å²) in [5.74, 6) is 2.45. The van der Waals surface area contributed by atoms with E-state index in [4.69, 9.17) is 18.9 Å². The molecule has 0 fully saturated rings. The summed E-state index contributed by atoms with van der Waals surface area (Å²) in [6, 6.07) is 1.90. The van der Waals surface area contributed by atoms with E-state index in [-0.39, 0.29) is 0 Å². The summed E-state index contributed by atoms with van der Waals surface area (Å²) < 4.78 is 22.0. The molecule has 1 rings (SSSR count). The molecule has 1 aromatic carbocycles. The van der Waals surface area contributed by atoms with Gasteiger partial charge in [-0.05, 0) is 6.07 Å². The fourth-order valence-electron chi connectivity index (χ4n) is 1.50. The van der Waals surface area contributed by atoms with Crippen LogP contribution in [0.2, 0.25) is 0 Å². The molecule has 4 nitrogen and oxygen atoms in total. The molecule has 0 saturated heterocycles. The van der Waals surface area contributed by atoms with Crippen LogP contribution in [0.4, 0.5) is 0 Å². The zero-order valence-corrected chi connectivity index (χ0v) is 12.0. The van der Waals surface area contributed by atoms with Crippen LogP contribution in [-0.2, 0) is 4.43 Å².